The fourth-order valence-corrected chi connectivity index (χ4v) is 2.77. The second-order valence-electron chi connectivity index (χ2n) is 5.83. The zero-order valence-electron chi connectivity index (χ0n) is 14.9. The van der Waals surface area contributed by atoms with E-state index in [1.165, 1.54) is 0 Å². The van der Waals surface area contributed by atoms with E-state index in [4.69, 9.17) is 0 Å². The van der Waals surface area contributed by atoms with Gasteiger partial charge in [-0.05, 0) is 24.0 Å². The standard InChI is InChI=1S/C23H24O2/c1-3-5-14-21(18-12-7-6-8-13-18)23(25)22-16-10-9-15-20(22)19(17-24)11-4-2/h6-17H,3-5H2,1-2H3. The van der Waals surface area contributed by atoms with Crippen LogP contribution in [0.3, 0.4) is 0 Å². The Hall–Kier alpha value is -2.74. The average Bonchev–Trinajstić information content (AvgIpc) is 2.67. The largest absolute Gasteiger partial charge is 0.298 e. The van der Waals surface area contributed by atoms with Crippen molar-refractivity contribution in [2.24, 2.45) is 0 Å². The molecule has 128 valence electrons. The maximum atomic E-state index is 13.3. The van der Waals surface area contributed by atoms with Crippen molar-refractivity contribution in [1.29, 1.82) is 0 Å². The van der Waals surface area contributed by atoms with Gasteiger partial charge in [-0.25, -0.2) is 0 Å². The predicted octanol–water partition coefficient (Wildman–Crippen LogP) is 5.75. The summed E-state index contributed by atoms with van der Waals surface area (Å²) in [5.74, 6) is -0.0425. The summed E-state index contributed by atoms with van der Waals surface area (Å²) in [6.07, 6.45) is 7.24. The number of ketones is 1. The van der Waals surface area contributed by atoms with Crippen LogP contribution in [0.25, 0.3) is 11.1 Å². The van der Waals surface area contributed by atoms with Crippen LogP contribution in [0.2, 0.25) is 0 Å². The molecule has 0 N–H and O–H groups in total. The Morgan fingerprint density at radius 1 is 0.880 bits per heavy atom. The molecule has 0 amide bonds. The van der Waals surface area contributed by atoms with Crippen molar-refractivity contribution in [2.45, 2.75) is 33.1 Å². The highest BCUT2D eigenvalue weighted by atomic mass is 16.1. The number of benzene rings is 2. The molecule has 2 nitrogen and oxygen atoms in total. The summed E-state index contributed by atoms with van der Waals surface area (Å²) in [6, 6.07) is 17.0. The molecule has 0 aromatic heterocycles. The number of allylic oxidation sites excluding steroid dienone is 4. The topological polar surface area (TPSA) is 34.1 Å². The third kappa shape index (κ3) is 4.63. The van der Waals surface area contributed by atoms with Gasteiger partial charge in [-0.2, -0.15) is 0 Å². The van der Waals surface area contributed by atoms with E-state index in [1.807, 2.05) is 67.6 Å². The average molecular weight is 332 g/mol. The van der Waals surface area contributed by atoms with Crippen LogP contribution in [0, 0.1) is 0 Å². The first kappa shape index (κ1) is 18.6. The molecule has 0 saturated heterocycles. The van der Waals surface area contributed by atoms with Gasteiger partial charge < -0.3 is 0 Å². The van der Waals surface area contributed by atoms with Gasteiger partial charge in [-0.3, -0.25) is 9.59 Å². The summed E-state index contributed by atoms with van der Waals surface area (Å²) in [5, 5.41) is 0. The molecule has 0 aliphatic rings. The zero-order valence-corrected chi connectivity index (χ0v) is 14.9. The third-order valence-electron chi connectivity index (χ3n) is 4.00. The molecular formula is C23H24O2. The molecule has 0 radical (unpaired) electrons. The van der Waals surface area contributed by atoms with Crippen molar-refractivity contribution in [1.82, 2.24) is 0 Å². The maximum Gasteiger partial charge on any atom is 0.193 e. The van der Waals surface area contributed by atoms with E-state index in [0.717, 1.165) is 31.1 Å². The molecular weight excluding hydrogens is 308 g/mol. The maximum absolute atomic E-state index is 13.3. The number of carbonyl (C=O) groups excluding carboxylic acids is 2. The number of hydrogen-bond donors (Lipinski definition) is 0. The summed E-state index contributed by atoms with van der Waals surface area (Å²) >= 11 is 0. The fraction of sp³-hybridized carbons (Fsp3) is 0.217. The van der Waals surface area contributed by atoms with E-state index in [9.17, 15) is 9.59 Å². The second-order valence-corrected chi connectivity index (χ2v) is 5.83. The van der Waals surface area contributed by atoms with Crippen molar-refractivity contribution in [3.8, 4) is 0 Å². The fourth-order valence-electron chi connectivity index (χ4n) is 2.77. The van der Waals surface area contributed by atoms with Crippen molar-refractivity contribution < 1.29 is 9.59 Å². The van der Waals surface area contributed by atoms with Gasteiger partial charge in [0.15, 0.2) is 5.78 Å². The highest BCUT2D eigenvalue weighted by Crippen LogP contribution is 2.26. The van der Waals surface area contributed by atoms with Crippen LogP contribution >= 0.6 is 0 Å². The van der Waals surface area contributed by atoms with E-state index in [-0.39, 0.29) is 5.78 Å². The number of Topliss-reactive ketones (excluding diaryl/α,β-unsaturated/α-hetero) is 1. The van der Waals surface area contributed by atoms with Crippen molar-refractivity contribution >= 4 is 23.2 Å². The normalized spacial score (nSPS) is 12.1. The summed E-state index contributed by atoms with van der Waals surface area (Å²) in [5.41, 5.74) is 3.43. The van der Waals surface area contributed by atoms with Crippen molar-refractivity contribution in [3.05, 3.63) is 83.4 Å². The Bertz CT molecular complexity index is 783. The summed E-state index contributed by atoms with van der Waals surface area (Å²) < 4.78 is 0. The lowest BCUT2D eigenvalue weighted by Gasteiger charge is -2.12. The number of hydrogen-bond acceptors (Lipinski definition) is 2. The van der Waals surface area contributed by atoms with Gasteiger partial charge in [0.1, 0.15) is 6.29 Å². The first-order valence-corrected chi connectivity index (χ1v) is 8.77. The van der Waals surface area contributed by atoms with Crippen LogP contribution in [0.4, 0.5) is 0 Å². The minimum Gasteiger partial charge on any atom is -0.298 e. The first-order valence-electron chi connectivity index (χ1n) is 8.77. The molecule has 0 bridgehead atoms. The van der Waals surface area contributed by atoms with Crippen LogP contribution in [0.1, 0.15) is 54.6 Å². The van der Waals surface area contributed by atoms with Gasteiger partial charge in [-0.1, -0.05) is 87.0 Å². The summed E-state index contributed by atoms with van der Waals surface area (Å²) in [6.45, 7) is 4.07. The monoisotopic (exact) mass is 332 g/mol. The Labute approximate surface area is 149 Å². The Balaban J connectivity index is 2.54. The molecule has 25 heavy (non-hydrogen) atoms. The Morgan fingerprint density at radius 3 is 2.12 bits per heavy atom. The van der Waals surface area contributed by atoms with Gasteiger partial charge in [-0.15, -0.1) is 0 Å². The molecule has 2 rings (SSSR count). The van der Waals surface area contributed by atoms with Gasteiger partial charge >= 0.3 is 0 Å². The molecule has 2 aromatic carbocycles. The molecule has 0 atom stereocenters. The second kappa shape index (κ2) is 9.53. The molecule has 0 fully saturated rings. The smallest absolute Gasteiger partial charge is 0.193 e. The van der Waals surface area contributed by atoms with Crippen LogP contribution in [-0.4, -0.2) is 12.1 Å². The highest BCUT2D eigenvalue weighted by Gasteiger charge is 2.18. The molecule has 0 aliphatic carbocycles. The minimum atomic E-state index is -0.0425. The van der Waals surface area contributed by atoms with E-state index < -0.39 is 0 Å². The van der Waals surface area contributed by atoms with Gasteiger partial charge in [0, 0.05) is 16.7 Å². The van der Waals surface area contributed by atoms with E-state index in [1.54, 1.807) is 6.07 Å². The molecule has 2 aromatic rings. The van der Waals surface area contributed by atoms with Crippen LogP contribution in [0.5, 0.6) is 0 Å². The van der Waals surface area contributed by atoms with Crippen molar-refractivity contribution in [3.63, 3.8) is 0 Å². The lowest BCUT2D eigenvalue weighted by Crippen LogP contribution is -2.07. The zero-order chi connectivity index (χ0) is 18.1. The van der Waals surface area contributed by atoms with Gasteiger partial charge in [0.05, 0.1) is 0 Å². The number of rotatable bonds is 8. The number of unbranched alkanes of at least 4 members (excludes halogenated alkanes) is 1. The molecule has 0 spiro atoms. The number of aldehydes is 1. The molecule has 0 heterocycles. The molecule has 0 unspecified atom stereocenters. The third-order valence-corrected chi connectivity index (χ3v) is 4.00. The van der Waals surface area contributed by atoms with E-state index in [2.05, 4.69) is 6.92 Å². The highest BCUT2D eigenvalue weighted by molar-refractivity contribution is 6.31. The van der Waals surface area contributed by atoms with Gasteiger partial charge in [0.2, 0.25) is 0 Å². The number of carbonyl (C=O) groups is 2. The van der Waals surface area contributed by atoms with E-state index in [0.29, 0.717) is 22.3 Å². The Kier molecular flexibility index (Phi) is 7.09. The lowest BCUT2D eigenvalue weighted by molar-refractivity contribution is -0.103. The van der Waals surface area contributed by atoms with Crippen LogP contribution < -0.4 is 0 Å². The minimum absolute atomic E-state index is 0.0425. The van der Waals surface area contributed by atoms with Gasteiger partial charge in [0.25, 0.3) is 0 Å². The van der Waals surface area contributed by atoms with Crippen LogP contribution in [-0.2, 0) is 4.79 Å². The molecule has 0 saturated carbocycles. The lowest BCUT2D eigenvalue weighted by atomic mass is 9.90. The SMILES string of the molecule is CCC=C(C=O)c1ccccc1C(=O)C(=CCCC)c1ccccc1. The van der Waals surface area contributed by atoms with Crippen LogP contribution in [0.15, 0.2) is 66.7 Å². The first-order chi connectivity index (χ1) is 12.2. The Morgan fingerprint density at radius 2 is 1.52 bits per heavy atom. The molecule has 2 heteroatoms. The summed E-state index contributed by atoms with van der Waals surface area (Å²) in [7, 11) is 0. The summed E-state index contributed by atoms with van der Waals surface area (Å²) in [4.78, 5) is 24.8. The van der Waals surface area contributed by atoms with E-state index >= 15 is 0 Å². The molecule has 0 aliphatic heterocycles. The quantitative estimate of drug-likeness (QED) is 0.350. The van der Waals surface area contributed by atoms with Crippen molar-refractivity contribution in [2.75, 3.05) is 0 Å². The predicted molar refractivity (Wildman–Crippen MR) is 104 cm³/mol.